The highest BCUT2D eigenvalue weighted by molar-refractivity contribution is 7.90. The second-order valence-corrected chi connectivity index (χ2v) is 23.4. The van der Waals surface area contributed by atoms with E-state index in [0.29, 0.717) is 48.6 Å². The molecule has 3 aliphatic carbocycles. The molecule has 2 aliphatic heterocycles. The highest BCUT2D eigenvalue weighted by Crippen LogP contribution is 2.49. The number of aliphatic hydroxyl groups is 1. The average Bonchev–Trinajstić information content (AvgIpc) is 4.07. The number of rotatable bonds is 13. The SMILES string of the molecule is C=C1C=C(F)c2cc(Oc3cc(N4CCC5(CC4)CN([C@H]4CCC[C@H]4c4ccccc4C(C)C)C5)ccc3C(=O)NS(=O)(=O)c3cc([NH+](C)[O-])c(NCC4CCC(C)(O)CC4)c4ncsc34)c(F)nc21. The number of sulfonamides is 1. The predicted molar refractivity (Wildman–Crippen MR) is 270 cm³/mol. The molecule has 1 amide bonds. The van der Waals surface area contributed by atoms with Crippen LogP contribution in [0.1, 0.15) is 123 Å². The number of allylic oxidation sites excluding steroid dienone is 2. The number of nitrogens with one attached hydrogen (secondary N) is 3. The summed E-state index contributed by atoms with van der Waals surface area (Å²) >= 11 is 1.06. The van der Waals surface area contributed by atoms with Gasteiger partial charge in [-0.1, -0.05) is 51.1 Å². The van der Waals surface area contributed by atoms with Gasteiger partial charge in [0.2, 0.25) is 0 Å². The first-order chi connectivity index (χ1) is 33.4. The summed E-state index contributed by atoms with van der Waals surface area (Å²) in [6.45, 7) is 14.2. The highest BCUT2D eigenvalue weighted by Gasteiger charge is 2.49. The number of nitrogens with zero attached hydrogens (tertiary/aromatic N) is 4. The molecule has 17 heteroatoms. The van der Waals surface area contributed by atoms with Crippen molar-refractivity contribution in [3.63, 3.8) is 0 Å². The van der Waals surface area contributed by atoms with E-state index in [1.165, 1.54) is 55.1 Å². The van der Waals surface area contributed by atoms with E-state index in [9.17, 15) is 27.9 Å². The maximum absolute atomic E-state index is 15.7. The van der Waals surface area contributed by atoms with Crippen molar-refractivity contribution >= 4 is 65.9 Å². The third-order valence-corrected chi connectivity index (χ3v) is 18.0. The molecule has 0 radical (unpaired) electrons. The number of quaternary nitrogens is 1. The summed E-state index contributed by atoms with van der Waals surface area (Å²) in [4.78, 5) is 27.3. The van der Waals surface area contributed by atoms with Gasteiger partial charge in [0.1, 0.15) is 27.7 Å². The minimum atomic E-state index is -4.68. The molecule has 4 heterocycles. The van der Waals surface area contributed by atoms with Crippen molar-refractivity contribution in [1.82, 2.24) is 19.6 Å². The number of ether oxygens (including phenoxy) is 1. The number of likely N-dealkylation sites (tertiary alicyclic amines) is 1. The van der Waals surface area contributed by atoms with E-state index in [2.05, 4.69) is 74.5 Å². The topological polar surface area (TPSA) is 164 Å². The van der Waals surface area contributed by atoms with Gasteiger partial charge in [-0.15, -0.1) is 11.3 Å². The molecule has 5 aromatic rings. The van der Waals surface area contributed by atoms with Crippen LogP contribution in [0.5, 0.6) is 11.5 Å². The van der Waals surface area contributed by atoms with Gasteiger partial charge in [0.15, 0.2) is 11.4 Å². The Morgan fingerprint density at radius 3 is 2.51 bits per heavy atom. The minimum absolute atomic E-state index is 0.0188. The Hall–Kier alpha value is -5.30. The number of anilines is 2. The van der Waals surface area contributed by atoms with Gasteiger partial charge in [-0.2, -0.15) is 4.39 Å². The first kappa shape index (κ1) is 48.3. The second kappa shape index (κ2) is 18.7. The molecule has 4 N–H and O–H groups in total. The van der Waals surface area contributed by atoms with Crippen molar-refractivity contribution in [2.75, 3.05) is 50.0 Å². The molecule has 1 unspecified atom stereocenters. The van der Waals surface area contributed by atoms with Crippen LogP contribution in [-0.2, 0) is 10.0 Å². The zero-order chi connectivity index (χ0) is 49.3. The lowest BCUT2D eigenvalue weighted by Gasteiger charge is -2.57. The van der Waals surface area contributed by atoms with E-state index in [1.54, 1.807) is 12.1 Å². The molecule has 370 valence electrons. The van der Waals surface area contributed by atoms with E-state index >= 15 is 4.39 Å². The van der Waals surface area contributed by atoms with Crippen LogP contribution in [0.3, 0.4) is 0 Å². The molecule has 1 spiro atoms. The van der Waals surface area contributed by atoms with Crippen molar-refractivity contribution in [3.8, 4) is 11.5 Å². The lowest BCUT2D eigenvalue weighted by molar-refractivity contribution is -0.750. The van der Waals surface area contributed by atoms with E-state index < -0.39 is 44.1 Å². The number of amides is 1. The number of fused-ring (bicyclic) bond motifs is 2. The summed E-state index contributed by atoms with van der Waals surface area (Å²) in [5.41, 5.74) is 5.36. The lowest BCUT2D eigenvalue weighted by Crippen LogP contribution is -2.98. The van der Waals surface area contributed by atoms with Crippen LogP contribution in [-0.4, -0.2) is 85.7 Å². The highest BCUT2D eigenvalue weighted by atomic mass is 32.2. The van der Waals surface area contributed by atoms with Gasteiger partial charge in [-0.05, 0) is 122 Å². The molecule has 3 aromatic carbocycles. The van der Waals surface area contributed by atoms with Crippen LogP contribution in [0.15, 0.2) is 77.7 Å². The Kier molecular flexibility index (Phi) is 12.9. The monoisotopic (exact) mass is 993 g/mol. The summed E-state index contributed by atoms with van der Waals surface area (Å²) < 4.78 is 68.0. The van der Waals surface area contributed by atoms with Crippen LogP contribution >= 0.6 is 11.3 Å². The zero-order valence-corrected chi connectivity index (χ0v) is 41.7. The number of benzene rings is 3. The number of carbonyl (C=O) groups is 1. The van der Waals surface area contributed by atoms with E-state index in [-0.39, 0.29) is 60.3 Å². The Bertz CT molecular complexity index is 3000. The number of halogens is 2. The van der Waals surface area contributed by atoms with Gasteiger partial charge in [0.05, 0.1) is 34.1 Å². The summed E-state index contributed by atoms with van der Waals surface area (Å²) in [7, 11) is -3.34. The predicted octanol–water partition coefficient (Wildman–Crippen LogP) is 9.44. The number of hydroxylamine groups is 1. The number of thiazole rings is 1. The molecule has 2 saturated heterocycles. The number of carbonyl (C=O) groups excluding carboxylic acids is 1. The van der Waals surface area contributed by atoms with Crippen molar-refractivity contribution in [2.24, 2.45) is 11.3 Å². The minimum Gasteiger partial charge on any atom is -0.629 e. The summed E-state index contributed by atoms with van der Waals surface area (Å²) in [6, 6.07) is 16.6. The maximum atomic E-state index is 15.7. The van der Waals surface area contributed by atoms with Gasteiger partial charge in [-0.3, -0.25) is 9.69 Å². The standard InChI is InChI=1S/C53H61F2N7O6S2/c1-31(2)35-9-6-7-10-36(35)37-11-8-12-41(37)62-28-53(29-62)19-21-61(22-20-53)34-13-14-38(43(24-34)68-44-25-39-40(54)23-32(3)46(39)58-50(44)55)51(63)59-70(66,67)45-26-42(60(5)65)47(48-49(45)69-30-57-48)56-27-33-15-17-52(4,64)18-16-33/h6-7,9-10,13-14,23-26,30-31,33,37,41,56,60,64H,3,8,11-12,15-22,27-29H2,1-2,4-5H3,(H,59,63)/t33?,37-,41-,52?/m0/s1. The van der Waals surface area contributed by atoms with Gasteiger partial charge in [0.25, 0.3) is 21.9 Å². The number of piperidine rings is 1. The molecule has 10 rings (SSSR count). The first-order valence-electron chi connectivity index (χ1n) is 24.5. The number of pyridine rings is 1. The summed E-state index contributed by atoms with van der Waals surface area (Å²) in [5, 5.41) is 26.6. The van der Waals surface area contributed by atoms with E-state index in [4.69, 9.17) is 4.74 Å². The van der Waals surface area contributed by atoms with Crippen LogP contribution in [0.25, 0.3) is 21.6 Å². The van der Waals surface area contributed by atoms with E-state index in [0.717, 1.165) is 75.3 Å². The van der Waals surface area contributed by atoms with Crippen molar-refractivity contribution in [3.05, 3.63) is 112 Å². The number of hydrogen-bond donors (Lipinski definition) is 4. The normalized spacial score (nSPS) is 23.9. The quantitative estimate of drug-likeness (QED) is 0.0656. The van der Waals surface area contributed by atoms with E-state index in [1.807, 2.05) is 6.92 Å². The van der Waals surface area contributed by atoms with Crippen LogP contribution < -0.4 is 24.7 Å². The fourth-order valence-electron chi connectivity index (χ4n) is 11.7. The molecule has 2 aromatic heterocycles. The molecule has 70 heavy (non-hydrogen) atoms. The second-order valence-electron chi connectivity index (χ2n) is 20.9. The van der Waals surface area contributed by atoms with Gasteiger partial charge >= 0.3 is 0 Å². The Morgan fingerprint density at radius 2 is 1.79 bits per heavy atom. The molecule has 0 bridgehead atoms. The molecular formula is C53H61F2N7O6S2. The van der Waals surface area contributed by atoms with Gasteiger partial charge < -0.3 is 30.3 Å². The number of aromatic nitrogens is 2. The Morgan fingerprint density at radius 1 is 1.04 bits per heavy atom. The zero-order valence-electron chi connectivity index (χ0n) is 40.1. The molecule has 4 fully saturated rings. The average molecular weight is 994 g/mol. The Balaban J connectivity index is 0.893. The van der Waals surface area contributed by atoms with Gasteiger partial charge in [0, 0.05) is 62.1 Å². The fraction of sp³-hybridized carbons (Fsp3) is 0.453. The molecule has 13 nitrogen and oxygen atoms in total. The Labute approximate surface area is 412 Å². The third kappa shape index (κ3) is 9.24. The third-order valence-electron chi connectivity index (χ3n) is 15.7. The van der Waals surface area contributed by atoms with Crippen molar-refractivity contribution in [2.45, 2.75) is 107 Å². The smallest absolute Gasteiger partial charge is 0.268 e. The van der Waals surface area contributed by atoms with Crippen molar-refractivity contribution in [1.29, 1.82) is 0 Å². The molecule has 2 saturated carbocycles. The fourth-order valence-corrected chi connectivity index (χ4v) is 14.0. The van der Waals surface area contributed by atoms with Crippen molar-refractivity contribution < 1.29 is 36.9 Å². The van der Waals surface area contributed by atoms with Crippen LogP contribution in [0, 0.1) is 22.5 Å². The van der Waals surface area contributed by atoms with Crippen LogP contribution in [0.2, 0.25) is 0 Å². The lowest BCUT2D eigenvalue weighted by atomic mass is 9.70. The molecular weight excluding hydrogens is 933 g/mol. The summed E-state index contributed by atoms with van der Waals surface area (Å²) in [5.74, 6) is -2.19. The largest absolute Gasteiger partial charge is 0.629 e. The van der Waals surface area contributed by atoms with Gasteiger partial charge in [-0.25, -0.2) is 27.5 Å². The summed E-state index contributed by atoms with van der Waals surface area (Å²) in [6.07, 6.45) is 9.55. The molecule has 5 aliphatic rings. The first-order valence-corrected chi connectivity index (χ1v) is 26.9. The maximum Gasteiger partial charge on any atom is 0.268 e. The molecule has 3 atom stereocenters. The van der Waals surface area contributed by atoms with Crippen LogP contribution in [0.4, 0.5) is 25.8 Å². The number of hydrogen-bond acceptors (Lipinski definition) is 12.